The second-order valence-electron chi connectivity index (χ2n) is 6.02. The lowest BCUT2D eigenvalue weighted by Gasteiger charge is -2.01. The number of hydrogen-bond acceptors (Lipinski definition) is 0. The van der Waals surface area contributed by atoms with Crippen molar-refractivity contribution in [3.63, 3.8) is 0 Å². The maximum atomic E-state index is 3.74. The molecule has 20 heavy (non-hydrogen) atoms. The summed E-state index contributed by atoms with van der Waals surface area (Å²) < 4.78 is 0. The molecule has 0 rings (SSSR count). The van der Waals surface area contributed by atoms with Gasteiger partial charge >= 0.3 is 0 Å². The lowest BCUT2D eigenvalue weighted by molar-refractivity contribution is 0.550. The van der Waals surface area contributed by atoms with Crippen molar-refractivity contribution < 1.29 is 0 Å². The average molecular weight is 279 g/mol. The molecule has 0 aliphatic heterocycles. The van der Waals surface area contributed by atoms with E-state index in [2.05, 4.69) is 25.7 Å². The molecule has 0 nitrogen and oxygen atoms in total. The first-order valence-electron chi connectivity index (χ1n) is 9.17. The molecule has 0 aromatic rings. The Balaban J connectivity index is 3.00. The monoisotopic (exact) mass is 278 g/mol. The highest BCUT2D eigenvalue weighted by Gasteiger charge is 1.92. The van der Waals surface area contributed by atoms with E-state index in [1.54, 1.807) is 0 Å². The topological polar surface area (TPSA) is 0 Å². The van der Waals surface area contributed by atoms with Crippen LogP contribution in [-0.4, -0.2) is 0 Å². The van der Waals surface area contributed by atoms with Gasteiger partial charge in [0.05, 0.1) is 0 Å². The van der Waals surface area contributed by atoms with Gasteiger partial charge in [-0.2, -0.15) is 0 Å². The van der Waals surface area contributed by atoms with Gasteiger partial charge in [0, 0.05) is 0 Å². The Labute approximate surface area is 128 Å². The quantitative estimate of drug-likeness (QED) is 0.201. The molecule has 0 spiro atoms. The summed E-state index contributed by atoms with van der Waals surface area (Å²) in [7, 11) is 0. The van der Waals surface area contributed by atoms with Crippen LogP contribution in [0.15, 0.2) is 24.8 Å². The second-order valence-corrected chi connectivity index (χ2v) is 6.02. The molecule has 0 amide bonds. The molecule has 0 heterocycles. The summed E-state index contributed by atoms with van der Waals surface area (Å²) in [4.78, 5) is 0. The molecule has 0 N–H and O–H groups in total. The second kappa shape index (κ2) is 18.5. The van der Waals surface area contributed by atoms with E-state index < -0.39 is 0 Å². The van der Waals surface area contributed by atoms with Crippen LogP contribution in [0.25, 0.3) is 0 Å². The molecule has 0 heteroatoms. The van der Waals surface area contributed by atoms with Crippen LogP contribution in [0.2, 0.25) is 0 Å². The van der Waals surface area contributed by atoms with Gasteiger partial charge in [0.25, 0.3) is 0 Å². The molecule has 0 aromatic carbocycles. The van der Waals surface area contributed by atoms with Crippen molar-refractivity contribution in [1.82, 2.24) is 0 Å². The Bertz CT molecular complexity index is 202. The maximum absolute atomic E-state index is 3.74. The zero-order valence-electron chi connectivity index (χ0n) is 14.0. The molecule has 0 saturated heterocycles. The predicted octanol–water partition coefficient (Wildman–Crippen LogP) is 7.60. The van der Waals surface area contributed by atoms with Gasteiger partial charge in [0.15, 0.2) is 0 Å². The Morgan fingerprint density at radius 3 is 1.50 bits per heavy atom. The van der Waals surface area contributed by atoms with Crippen molar-refractivity contribution >= 4 is 0 Å². The molecule has 0 saturated carbocycles. The van der Waals surface area contributed by atoms with Gasteiger partial charge in [-0.05, 0) is 32.1 Å². The van der Waals surface area contributed by atoms with Crippen molar-refractivity contribution in [2.24, 2.45) is 0 Å². The zero-order chi connectivity index (χ0) is 14.7. The van der Waals surface area contributed by atoms with E-state index in [0.717, 1.165) is 6.42 Å². The first-order chi connectivity index (χ1) is 9.91. The molecular formula is C20H38. The third-order valence-electron chi connectivity index (χ3n) is 3.92. The molecule has 0 radical (unpaired) electrons. The number of hydrogen-bond donors (Lipinski definition) is 0. The van der Waals surface area contributed by atoms with Gasteiger partial charge in [0.1, 0.15) is 0 Å². The molecule has 0 fully saturated rings. The Kier molecular flexibility index (Phi) is 18.0. The molecule has 0 atom stereocenters. The van der Waals surface area contributed by atoms with E-state index in [1.165, 1.54) is 89.9 Å². The van der Waals surface area contributed by atoms with Gasteiger partial charge in [-0.25, -0.2) is 0 Å². The first kappa shape index (κ1) is 19.5. The van der Waals surface area contributed by atoms with Crippen LogP contribution in [-0.2, 0) is 0 Å². The highest BCUT2D eigenvalue weighted by atomic mass is 14.0. The van der Waals surface area contributed by atoms with Crippen LogP contribution in [0.5, 0.6) is 0 Å². The van der Waals surface area contributed by atoms with Gasteiger partial charge in [-0.1, -0.05) is 89.4 Å². The van der Waals surface area contributed by atoms with Crippen LogP contribution in [0.4, 0.5) is 0 Å². The summed E-state index contributed by atoms with van der Waals surface area (Å²) in [5.74, 6) is 0. The SMILES string of the molecule is C=CCCCC=CCCCCCCCCCCCCC. The summed E-state index contributed by atoms with van der Waals surface area (Å²) in [6, 6.07) is 0. The Hall–Kier alpha value is -0.520. The third-order valence-corrected chi connectivity index (χ3v) is 3.92. The highest BCUT2D eigenvalue weighted by molar-refractivity contribution is 4.82. The number of unbranched alkanes of at least 4 members (excludes halogenated alkanes) is 13. The fourth-order valence-electron chi connectivity index (χ4n) is 2.54. The molecule has 118 valence electrons. The first-order valence-corrected chi connectivity index (χ1v) is 9.17. The normalized spacial score (nSPS) is 11.2. The summed E-state index contributed by atoms with van der Waals surface area (Å²) >= 11 is 0. The van der Waals surface area contributed by atoms with E-state index >= 15 is 0 Å². The molecular weight excluding hydrogens is 240 g/mol. The minimum atomic E-state index is 1.16. The van der Waals surface area contributed by atoms with Crippen LogP contribution in [0, 0.1) is 0 Å². The van der Waals surface area contributed by atoms with Gasteiger partial charge in [-0.15, -0.1) is 6.58 Å². The summed E-state index contributed by atoms with van der Waals surface area (Å²) in [5, 5.41) is 0. The highest BCUT2D eigenvalue weighted by Crippen LogP contribution is 2.12. The van der Waals surface area contributed by atoms with Gasteiger partial charge in [-0.3, -0.25) is 0 Å². The summed E-state index contributed by atoms with van der Waals surface area (Å²) in [5.41, 5.74) is 0. The van der Waals surface area contributed by atoms with Gasteiger partial charge < -0.3 is 0 Å². The molecule has 0 aliphatic carbocycles. The largest absolute Gasteiger partial charge is 0.103 e. The van der Waals surface area contributed by atoms with Crippen molar-refractivity contribution in [1.29, 1.82) is 0 Å². The lowest BCUT2D eigenvalue weighted by atomic mass is 10.1. The van der Waals surface area contributed by atoms with E-state index in [9.17, 15) is 0 Å². The Morgan fingerprint density at radius 1 is 0.550 bits per heavy atom. The Morgan fingerprint density at radius 2 is 1.00 bits per heavy atom. The standard InChI is InChI=1S/C20H38/c1-3-5-7-9-11-13-15-17-19-20-18-16-14-12-10-8-6-4-2/h3,11,13H,1,4-10,12,14-20H2,2H3. The fourth-order valence-corrected chi connectivity index (χ4v) is 2.54. The van der Waals surface area contributed by atoms with Gasteiger partial charge in [0.2, 0.25) is 0 Å². The van der Waals surface area contributed by atoms with Crippen LogP contribution >= 0.6 is 0 Å². The maximum Gasteiger partial charge on any atom is -0.0348 e. The van der Waals surface area contributed by atoms with Crippen molar-refractivity contribution in [3.05, 3.63) is 24.8 Å². The summed E-state index contributed by atoms with van der Waals surface area (Å²) in [6.45, 7) is 6.03. The van der Waals surface area contributed by atoms with Crippen molar-refractivity contribution in [3.8, 4) is 0 Å². The van der Waals surface area contributed by atoms with Crippen LogP contribution in [0.1, 0.15) is 103 Å². The number of rotatable bonds is 16. The zero-order valence-corrected chi connectivity index (χ0v) is 14.0. The minimum absolute atomic E-state index is 1.16. The molecule has 0 aromatic heterocycles. The average Bonchev–Trinajstić information content (AvgIpc) is 2.47. The minimum Gasteiger partial charge on any atom is -0.103 e. The number of allylic oxidation sites excluding steroid dienone is 3. The van der Waals surface area contributed by atoms with Crippen molar-refractivity contribution in [2.45, 2.75) is 103 Å². The molecule has 0 aliphatic rings. The van der Waals surface area contributed by atoms with Crippen LogP contribution in [0.3, 0.4) is 0 Å². The fraction of sp³-hybridized carbons (Fsp3) is 0.800. The predicted molar refractivity (Wildman–Crippen MR) is 94.3 cm³/mol. The molecule has 0 bridgehead atoms. The third kappa shape index (κ3) is 17.5. The van der Waals surface area contributed by atoms with E-state index in [4.69, 9.17) is 0 Å². The smallest absolute Gasteiger partial charge is 0.0348 e. The summed E-state index contributed by atoms with van der Waals surface area (Å²) in [6.07, 6.45) is 27.5. The van der Waals surface area contributed by atoms with E-state index in [1.807, 2.05) is 6.08 Å². The van der Waals surface area contributed by atoms with E-state index in [0.29, 0.717) is 0 Å². The lowest BCUT2D eigenvalue weighted by Crippen LogP contribution is -1.82. The molecule has 0 unspecified atom stereocenters. The van der Waals surface area contributed by atoms with Crippen molar-refractivity contribution in [2.75, 3.05) is 0 Å². The van der Waals surface area contributed by atoms with E-state index in [-0.39, 0.29) is 0 Å². The van der Waals surface area contributed by atoms with Crippen LogP contribution < -0.4 is 0 Å².